The minimum absolute atomic E-state index is 0.307. The fraction of sp³-hybridized carbons (Fsp3) is 0.222. The normalized spacial score (nSPS) is 16.5. The van der Waals surface area contributed by atoms with Crippen LogP contribution < -0.4 is 16.0 Å². The quantitative estimate of drug-likeness (QED) is 0.625. The van der Waals surface area contributed by atoms with Crippen LogP contribution >= 0.6 is 34.3 Å². The first-order chi connectivity index (χ1) is 12.5. The van der Waals surface area contributed by atoms with Gasteiger partial charge in [-0.15, -0.1) is 22.7 Å². The second-order valence-electron chi connectivity index (χ2n) is 6.40. The SMILES string of the molecule is C[NH+]1CCc2c(sc(NC(=O)c3sc4ccccc4c3Cl)c2C(N)=O)C1. The molecule has 0 bridgehead atoms. The van der Waals surface area contributed by atoms with Gasteiger partial charge in [-0.05, 0) is 11.6 Å². The van der Waals surface area contributed by atoms with Gasteiger partial charge in [0.25, 0.3) is 11.8 Å². The molecule has 3 heterocycles. The van der Waals surface area contributed by atoms with Gasteiger partial charge in [0.2, 0.25) is 0 Å². The highest BCUT2D eigenvalue weighted by Crippen LogP contribution is 2.38. The predicted molar refractivity (Wildman–Crippen MR) is 107 cm³/mol. The van der Waals surface area contributed by atoms with Crippen LogP contribution in [0.25, 0.3) is 10.1 Å². The van der Waals surface area contributed by atoms with Gasteiger partial charge in [-0.2, -0.15) is 0 Å². The summed E-state index contributed by atoms with van der Waals surface area (Å²) in [4.78, 5) is 27.8. The Labute approximate surface area is 163 Å². The molecule has 8 heteroatoms. The molecular formula is C18H17ClN3O2S2+. The number of thiophene rings is 2. The zero-order chi connectivity index (χ0) is 18.4. The molecule has 0 saturated carbocycles. The van der Waals surface area contributed by atoms with Crippen LogP contribution in [0.15, 0.2) is 24.3 Å². The number of carbonyl (C=O) groups excluding carboxylic acids is 2. The number of hydrogen-bond acceptors (Lipinski definition) is 4. The molecule has 2 amide bonds. The van der Waals surface area contributed by atoms with Crippen LogP contribution in [0.5, 0.6) is 0 Å². The highest BCUT2D eigenvalue weighted by Gasteiger charge is 2.29. The van der Waals surface area contributed by atoms with Gasteiger partial charge in [-0.25, -0.2) is 0 Å². The molecule has 1 aromatic carbocycles. The maximum absolute atomic E-state index is 12.8. The standard InChI is InChI=1S/C18H16ClN3O2S2/c1-22-7-6-9-12(8-22)26-18(13(9)16(20)23)21-17(24)15-14(19)10-4-2-3-5-11(10)25-15/h2-5H,6-8H2,1H3,(H2,20,23)(H,21,24)/p+1. The van der Waals surface area contributed by atoms with Crippen LogP contribution in [0.4, 0.5) is 5.00 Å². The van der Waals surface area contributed by atoms with Gasteiger partial charge in [-0.3, -0.25) is 9.59 Å². The Morgan fingerprint density at radius 1 is 1.27 bits per heavy atom. The first-order valence-corrected chi connectivity index (χ1v) is 10.2. The lowest BCUT2D eigenvalue weighted by Gasteiger charge is -2.19. The third-order valence-electron chi connectivity index (χ3n) is 4.57. The molecule has 4 rings (SSSR count). The van der Waals surface area contributed by atoms with Crippen LogP contribution in [-0.4, -0.2) is 25.4 Å². The van der Waals surface area contributed by atoms with Crippen LogP contribution in [0.2, 0.25) is 5.02 Å². The van der Waals surface area contributed by atoms with E-state index in [-0.39, 0.29) is 5.91 Å². The molecule has 0 saturated heterocycles. The van der Waals surface area contributed by atoms with E-state index in [2.05, 4.69) is 12.4 Å². The van der Waals surface area contributed by atoms with Crippen LogP contribution in [0, 0.1) is 0 Å². The Morgan fingerprint density at radius 2 is 2.04 bits per heavy atom. The summed E-state index contributed by atoms with van der Waals surface area (Å²) in [5.74, 6) is -0.808. The fourth-order valence-electron chi connectivity index (χ4n) is 3.29. The molecule has 0 fully saturated rings. The number of rotatable bonds is 3. The molecule has 134 valence electrons. The van der Waals surface area contributed by atoms with Crippen LogP contribution in [0.3, 0.4) is 0 Å². The lowest BCUT2D eigenvalue weighted by Crippen LogP contribution is -3.08. The average molecular weight is 407 g/mol. The van der Waals surface area contributed by atoms with E-state index in [4.69, 9.17) is 17.3 Å². The monoisotopic (exact) mass is 406 g/mol. The maximum atomic E-state index is 12.8. The Bertz CT molecular complexity index is 1040. The largest absolute Gasteiger partial charge is 0.365 e. The van der Waals surface area contributed by atoms with Crippen molar-refractivity contribution in [3.8, 4) is 0 Å². The number of fused-ring (bicyclic) bond motifs is 2. The van der Waals surface area contributed by atoms with E-state index in [1.807, 2.05) is 24.3 Å². The molecule has 5 nitrogen and oxygen atoms in total. The highest BCUT2D eigenvalue weighted by molar-refractivity contribution is 7.22. The van der Waals surface area contributed by atoms with E-state index in [1.54, 1.807) is 0 Å². The molecule has 4 N–H and O–H groups in total. The number of amides is 2. The summed E-state index contributed by atoms with van der Waals surface area (Å²) in [6, 6.07) is 7.62. The maximum Gasteiger partial charge on any atom is 0.267 e. The van der Waals surface area contributed by atoms with Gasteiger partial charge in [0.15, 0.2) is 0 Å². The lowest BCUT2D eigenvalue weighted by molar-refractivity contribution is -0.895. The average Bonchev–Trinajstić information content (AvgIpc) is 3.12. The molecule has 1 aliphatic heterocycles. The Hall–Kier alpha value is -1.93. The number of nitrogens with one attached hydrogen (secondary N) is 2. The minimum Gasteiger partial charge on any atom is -0.365 e. The molecule has 3 aromatic rings. The van der Waals surface area contributed by atoms with Gasteiger partial charge < -0.3 is 16.0 Å². The van der Waals surface area contributed by atoms with E-state index in [1.165, 1.54) is 27.6 Å². The molecule has 1 unspecified atom stereocenters. The van der Waals surface area contributed by atoms with Crippen LogP contribution in [0.1, 0.15) is 30.5 Å². The van der Waals surface area contributed by atoms with Crippen molar-refractivity contribution in [3.63, 3.8) is 0 Å². The summed E-state index contributed by atoms with van der Waals surface area (Å²) < 4.78 is 0.952. The third-order valence-corrected chi connectivity index (χ3v) is 7.39. The number of anilines is 1. The second-order valence-corrected chi connectivity index (χ2v) is 8.94. The molecule has 0 radical (unpaired) electrons. The Morgan fingerprint density at radius 3 is 2.77 bits per heavy atom. The third kappa shape index (κ3) is 2.91. The molecule has 2 aromatic heterocycles. The summed E-state index contributed by atoms with van der Waals surface area (Å²) in [5.41, 5.74) is 7.03. The van der Waals surface area contributed by atoms with Crippen molar-refractivity contribution < 1.29 is 14.5 Å². The van der Waals surface area contributed by atoms with Crippen molar-refractivity contribution in [2.45, 2.75) is 13.0 Å². The smallest absolute Gasteiger partial charge is 0.267 e. The van der Waals surface area contributed by atoms with Gasteiger partial charge in [-0.1, -0.05) is 29.8 Å². The number of carbonyl (C=O) groups is 2. The second kappa shape index (κ2) is 6.66. The van der Waals surface area contributed by atoms with Crippen molar-refractivity contribution in [2.75, 3.05) is 18.9 Å². The number of likely N-dealkylation sites (N-methyl/N-ethyl adjacent to an activating group) is 1. The number of benzene rings is 1. The number of primary amides is 1. The van der Waals surface area contributed by atoms with Crippen molar-refractivity contribution in [1.82, 2.24) is 0 Å². The van der Waals surface area contributed by atoms with Crippen molar-refractivity contribution in [2.24, 2.45) is 5.73 Å². The summed E-state index contributed by atoms with van der Waals surface area (Å²) in [6.45, 7) is 1.78. The van der Waals surface area contributed by atoms with E-state index < -0.39 is 5.91 Å². The first kappa shape index (κ1) is 17.5. The lowest BCUT2D eigenvalue weighted by atomic mass is 10.0. The zero-order valence-corrected chi connectivity index (χ0v) is 16.4. The molecular weight excluding hydrogens is 390 g/mol. The molecule has 1 atom stereocenters. The topological polar surface area (TPSA) is 76.6 Å². The number of hydrogen-bond donors (Lipinski definition) is 3. The molecule has 0 spiro atoms. The van der Waals surface area contributed by atoms with Gasteiger partial charge in [0.1, 0.15) is 16.4 Å². The summed E-state index contributed by atoms with van der Waals surface area (Å²) in [7, 11) is 2.11. The fourth-order valence-corrected chi connectivity index (χ4v) is 6.06. The summed E-state index contributed by atoms with van der Waals surface area (Å²) >= 11 is 9.18. The zero-order valence-electron chi connectivity index (χ0n) is 14.0. The van der Waals surface area contributed by atoms with Crippen LogP contribution in [-0.2, 0) is 13.0 Å². The van der Waals surface area contributed by atoms with Gasteiger partial charge >= 0.3 is 0 Å². The van der Waals surface area contributed by atoms with Crippen molar-refractivity contribution >= 4 is 61.2 Å². The van der Waals surface area contributed by atoms with Gasteiger partial charge in [0, 0.05) is 16.5 Å². The Kier molecular flexibility index (Phi) is 4.48. The van der Waals surface area contributed by atoms with E-state index in [0.29, 0.717) is 20.5 Å². The van der Waals surface area contributed by atoms with Crippen molar-refractivity contribution in [3.05, 3.63) is 50.2 Å². The molecule has 1 aliphatic rings. The summed E-state index contributed by atoms with van der Waals surface area (Å²) in [6.07, 6.45) is 0.787. The summed E-state index contributed by atoms with van der Waals surface area (Å²) in [5, 5.41) is 4.70. The van der Waals surface area contributed by atoms with E-state index in [0.717, 1.165) is 40.0 Å². The Balaban J connectivity index is 1.71. The van der Waals surface area contributed by atoms with E-state index in [9.17, 15) is 9.59 Å². The highest BCUT2D eigenvalue weighted by atomic mass is 35.5. The number of halogens is 1. The number of quaternary nitrogens is 1. The predicted octanol–water partition coefficient (Wildman–Crippen LogP) is 2.54. The first-order valence-electron chi connectivity index (χ1n) is 8.19. The molecule has 26 heavy (non-hydrogen) atoms. The number of nitrogens with two attached hydrogens (primary N) is 1. The molecule has 0 aliphatic carbocycles. The van der Waals surface area contributed by atoms with Crippen molar-refractivity contribution in [1.29, 1.82) is 0 Å². The minimum atomic E-state index is -0.500. The van der Waals surface area contributed by atoms with Gasteiger partial charge in [0.05, 0.1) is 29.1 Å². The van der Waals surface area contributed by atoms with E-state index >= 15 is 0 Å².